The molecule has 146 valence electrons. The summed E-state index contributed by atoms with van der Waals surface area (Å²) >= 11 is 0. The van der Waals surface area contributed by atoms with Crippen molar-refractivity contribution < 1.29 is 4.79 Å². The van der Waals surface area contributed by atoms with E-state index in [4.69, 9.17) is 0 Å². The Balaban J connectivity index is 1.21. The Morgan fingerprint density at radius 1 is 1.18 bits per heavy atom. The molecule has 1 unspecified atom stereocenters. The van der Waals surface area contributed by atoms with E-state index in [1.165, 1.54) is 24.0 Å². The van der Waals surface area contributed by atoms with Gasteiger partial charge >= 0.3 is 0 Å². The van der Waals surface area contributed by atoms with Crippen LogP contribution in [0.1, 0.15) is 40.7 Å². The van der Waals surface area contributed by atoms with Crippen molar-refractivity contribution in [2.24, 2.45) is 5.92 Å². The predicted molar refractivity (Wildman–Crippen MR) is 110 cm³/mol. The summed E-state index contributed by atoms with van der Waals surface area (Å²) in [6, 6.07) is 13.2. The minimum Gasteiger partial charge on any atom is -0.352 e. The first kappa shape index (κ1) is 17.7. The van der Waals surface area contributed by atoms with Gasteiger partial charge in [0.15, 0.2) is 0 Å². The number of carbonyl (C=O) groups excluding carboxylic acids is 1. The topological polar surface area (TPSA) is 48.5 Å². The number of aromatic nitrogens is 1. The van der Waals surface area contributed by atoms with Crippen LogP contribution < -0.4 is 10.2 Å². The Bertz CT molecular complexity index is 849. The molecule has 5 rings (SSSR count). The lowest BCUT2D eigenvalue weighted by Gasteiger charge is -2.38. The van der Waals surface area contributed by atoms with E-state index in [0.29, 0.717) is 11.6 Å². The standard InChI is InChI=1S/C23H28N4O/c28-23(24-9-8-17-6-7-17)20-12-19-13-21-16-26(15-18-4-2-1-3-5-18)10-11-27(21)22(19)25-14-20/h1-5,12,14,17,21H,6-11,13,15-16H2,(H,24,28). The molecule has 5 heteroatoms. The minimum absolute atomic E-state index is 0.0199. The van der Waals surface area contributed by atoms with E-state index in [1.54, 1.807) is 6.20 Å². The van der Waals surface area contributed by atoms with Crippen LogP contribution in [0.4, 0.5) is 5.82 Å². The van der Waals surface area contributed by atoms with Gasteiger partial charge in [-0.25, -0.2) is 4.98 Å². The largest absolute Gasteiger partial charge is 0.352 e. The molecule has 1 saturated carbocycles. The summed E-state index contributed by atoms with van der Waals surface area (Å²) in [4.78, 5) is 22.1. The van der Waals surface area contributed by atoms with Crippen LogP contribution in [0.25, 0.3) is 0 Å². The zero-order valence-corrected chi connectivity index (χ0v) is 16.3. The second kappa shape index (κ2) is 7.55. The molecule has 2 aliphatic heterocycles. The maximum absolute atomic E-state index is 12.4. The number of pyridine rings is 1. The van der Waals surface area contributed by atoms with Gasteiger partial charge in [0.05, 0.1) is 5.56 Å². The molecule has 5 nitrogen and oxygen atoms in total. The van der Waals surface area contributed by atoms with Gasteiger partial charge in [0.25, 0.3) is 5.91 Å². The van der Waals surface area contributed by atoms with Crippen LogP contribution in [0.15, 0.2) is 42.6 Å². The molecule has 1 atom stereocenters. The number of nitrogens with zero attached hydrogens (tertiary/aromatic N) is 3. The highest BCUT2D eigenvalue weighted by Crippen LogP contribution is 2.33. The van der Waals surface area contributed by atoms with Gasteiger partial charge < -0.3 is 10.2 Å². The number of piperazine rings is 1. The molecule has 2 aromatic rings. The van der Waals surface area contributed by atoms with Crippen molar-refractivity contribution >= 4 is 11.7 Å². The molecule has 2 fully saturated rings. The lowest BCUT2D eigenvalue weighted by molar-refractivity contribution is 0.0952. The van der Waals surface area contributed by atoms with Crippen molar-refractivity contribution in [3.63, 3.8) is 0 Å². The number of amides is 1. The van der Waals surface area contributed by atoms with Crippen molar-refractivity contribution in [3.05, 3.63) is 59.3 Å². The molecule has 1 N–H and O–H groups in total. The maximum atomic E-state index is 12.4. The molecule has 0 spiro atoms. The van der Waals surface area contributed by atoms with Gasteiger partial charge in [0.1, 0.15) is 5.82 Å². The highest BCUT2D eigenvalue weighted by atomic mass is 16.1. The van der Waals surface area contributed by atoms with Crippen molar-refractivity contribution in [3.8, 4) is 0 Å². The van der Waals surface area contributed by atoms with E-state index in [1.807, 2.05) is 0 Å². The van der Waals surface area contributed by atoms with Gasteiger partial charge in [-0.1, -0.05) is 43.2 Å². The molecule has 1 aromatic heterocycles. The first-order valence-electron chi connectivity index (χ1n) is 10.6. The Morgan fingerprint density at radius 3 is 2.86 bits per heavy atom. The Labute approximate surface area is 166 Å². The van der Waals surface area contributed by atoms with Crippen molar-refractivity contribution in [1.82, 2.24) is 15.2 Å². The smallest absolute Gasteiger partial charge is 0.252 e. The lowest BCUT2D eigenvalue weighted by Crippen LogP contribution is -2.51. The number of benzene rings is 1. The third-order valence-corrected chi connectivity index (χ3v) is 6.28. The predicted octanol–water partition coefficient (Wildman–Crippen LogP) is 2.86. The first-order chi connectivity index (χ1) is 13.8. The molecule has 3 heterocycles. The van der Waals surface area contributed by atoms with Crippen LogP contribution in [0.5, 0.6) is 0 Å². The summed E-state index contributed by atoms with van der Waals surface area (Å²) in [6.45, 7) is 4.89. The van der Waals surface area contributed by atoms with Gasteiger partial charge in [-0.3, -0.25) is 9.69 Å². The van der Waals surface area contributed by atoms with Crippen LogP contribution >= 0.6 is 0 Å². The Hall–Kier alpha value is -2.40. The third-order valence-electron chi connectivity index (χ3n) is 6.28. The summed E-state index contributed by atoms with van der Waals surface area (Å²) in [6.07, 6.45) is 6.50. The number of hydrogen-bond acceptors (Lipinski definition) is 4. The summed E-state index contributed by atoms with van der Waals surface area (Å²) in [5.41, 5.74) is 3.30. The van der Waals surface area contributed by atoms with Crippen LogP contribution in [0, 0.1) is 5.92 Å². The van der Waals surface area contributed by atoms with E-state index >= 15 is 0 Å². The van der Waals surface area contributed by atoms with Gasteiger partial charge in [0.2, 0.25) is 0 Å². The molecular weight excluding hydrogens is 348 g/mol. The Morgan fingerprint density at radius 2 is 2.04 bits per heavy atom. The van der Waals surface area contributed by atoms with Crippen LogP contribution in [-0.4, -0.2) is 48.0 Å². The summed E-state index contributed by atoms with van der Waals surface area (Å²) in [7, 11) is 0. The summed E-state index contributed by atoms with van der Waals surface area (Å²) < 4.78 is 0. The molecular formula is C23H28N4O. The number of rotatable bonds is 6. The molecule has 1 aliphatic carbocycles. The van der Waals surface area contributed by atoms with Gasteiger partial charge in [-0.2, -0.15) is 0 Å². The fourth-order valence-electron chi connectivity index (χ4n) is 4.55. The number of hydrogen-bond donors (Lipinski definition) is 1. The molecule has 0 radical (unpaired) electrons. The van der Waals surface area contributed by atoms with Crippen molar-refractivity contribution in [1.29, 1.82) is 0 Å². The second-order valence-corrected chi connectivity index (χ2v) is 8.47. The number of anilines is 1. The fourth-order valence-corrected chi connectivity index (χ4v) is 4.55. The molecule has 3 aliphatic rings. The van der Waals surface area contributed by atoms with Gasteiger partial charge in [-0.15, -0.1) is 0 Å². The molecule has 0 bridgehead atoms. The SMILES string of the molecule is O=C(NCCC1CC1)c1cnc2c(c1)CC1CN(Cc3ccccc3)CCN21. The molecule has 28 heavy (non-hydrogen) atoms. The average molecular weight is 377 g/mol. The minimum atomic E-state index is 0.0199. The van der Waals surface area contributed by atoms with Gasteiger partial charge in [-0.05, 0) is 36.0 Å². The molecule has 1 amide bonds. The fraction of sp³-hybridized carbons (Fsp3) is 0.478. The van der Waals surface area contributed by atoms with E-state index in [2.05, 4.69) is 56.5 Å². The van der Waals surface area contributed by atoms with E-state index < -0.39 is 0 Å². The lowest BCUT2D eigenvalue weighted by atomic mass is 10.1. The van der Waals surface area contributed by atoms with E-state index in [9.17, 15) is 4.79 Å². The first-order valence-corrected chi connectivity index (χ1v) is 10.6. The number of nitrogens with one attached hydrogen (secondary N) is 1. The highest BCUT2D eigenvalue weighted by molar-refractivity contribution is 5.94. The molecule has 1 aromatic carbocycles. The zero-order chi connectivity index (χ0) is 18.9. The van der Waals surface area contributed by atoms with Gasteiger partial charge in [0, 0.05) is 45.0 Å². The number of fused-ring (bicyclic) bond motifs is 3. The van der Waals surface area contributed by atoms with Crippen molar-refractivity contribution in [2.45, 2.75) is 38.3 Å². The highest BCUT2D eigenvalue weighted by Gasteiger charge is 2.35. The van der Waals surface area contributed by atoms with Crippen LogP contribution in [-0.2, 0) is 13.0 Å². The second-order valence-electron chi connectivity index (χ2n) is 8.47. The van der Waals surface area contributed by atoms with Crippen LogP contribution in [0.2, 0.25) is 0 Å². The Kier molecular flexibility index (Phi) is 4.77. The summed E-state index contributed by atoms with van der Waals surface area (Å²) in [5.74, 6) is 1.94. The van der Waals surface area contributed by atoms with Crippen molar-refractivity contribution in [2.75, 3.05) is 31.1 Å². The monoisotopic (exact) mass is 376 g/mol. The van der Waals surface area contributed by atoms with E-state index in [0.717, 1.165) is 57.3 Å². The summed E-state index contributed by atoms with van der Waals surface area (Å²) in [5, 5.41) is 3.06. The molecule has 1 saturated heterocycles. The normalized spacial score (nSPS) is 21.3. The zero-order valence-electron chi connectivity index (χ0n) is 16.3. The van der Waals surface area contributed by atoms with Crippen LogP contribution in [0.3, 0.4) is 0 Å². The maximum Gasteiger partial charge on any atom is 0.252 e. The number of carbonyl (C=O) groups is 1. The van der Waals surface area contributed by atoms with E-state index in [-0.39, 0.29) is 5.91 Å². The average Bonchev–Trinajstić information content (AvgIpc) is 3.47. The quantitative estimate of drug-likeness (QED) is 0.842. The third kappa shape index (κ3) is 3.76.